The van der Waals surface area contributed by atoms with Crippen LogP contribution in [0.1, 0.15) is 28.3 Å². The monoisotopic (exact) mass is 390 g/mol. The molecule has 0 aliphatic heterocycles. The van der Waals surface area contributed by atoms with Gasteiger partial charge >= 0.3 is 5.97 Å². The number of sulfonamides is 1. The molecule has 9 heteroatoms. The highest BCUT2D eigenvalue weighted by atomic mass is 79.9. The second-order valence-corrected chi connectivity index (χ2v) is 8.20. The molecule has 0 bridgehead atoms. The van der Waals surface area contributed by atoms with E-state index in [4.69, 9.17) is 5.11 Å². The number of thiophene rings is 1. The number of aromatic carboxylic acids is 1. The Kier molecular flexibility index (Phi) is 4.77. The van der Waals surface area contributed by atoms with Gasteiger partial charge in [-0.3, -0.25) is 4.98 Å². The van der Waals surface area contributed by atoms with Gasteiger partial charge in [-0.15, -0.1) is 11.3 Å². The summed E-state index contributed by atoms with van der Waals surface area (Å²) in [6, 6.07) is 5.80. The number of rotatable bonds is 5. The van der Waals surface area contributed by atoms with Crippen LogP contribution in [0.25, 0.3) is 0 Å². The molecular weight excluding hydrogens is 380 g/mol. The average molecular weight is 391 g/mol. The maximum Gasteiger partial charge on any atom is 0.345 e. The van der Waals surface area contributed by atoms with E-state index in [0.29, 0.717) is 5.69 Å². The lowest BCUT2D eigenvalue weighted by Gasteiger charge is -2.13. The molecule has 1 atom stereocenters. The van der Waals surface area contributed by atoms with Crippen LogP contribution in [0.4, 0.5) is 0 Å². The number of hydrogen-bond acceptors (Lipinski definition) is 5. The van der Waals surface area contributed by atoms with E-state index in [1.54, 1.807) is 31.3 Å². The number of nitrogens with one attached hydrogen (secondary N) is 1. The molecule has 2 N–H and O–H groups in total. The van der Waals surface area contributed by atoms with Crippen molar-refractivity contribution in [3.05, 3.63) is 44.8 Å². The summed E-state index contributed by atoms with van der Waals surface area (Å²) in [5.74, 6) is -1.17. The molecule has 2 aromatic rings. The van der Waals surface area contributed by atoms with E-state index >= 15 is 0 Å². The molecule has 0 spiro atoms. The molecule has 0 aliphatic carbocycles. The van der Waals surface area contributed by atoms with Gasteiger partial charge in [0.2, 0.25) is 10.0 Å². The van der Waals surface area contributed by atoms with Crippen LogP contribution in [-0.2, 0) is 10.0 Å². The third-order valence-corrected chi connectivity index (χ3v) is 6.40. The summed E-state index contributed by atoms with van der Waals surface area (Å²) in [6.45, 7) is 1.66. The summed E-state index contributed by atoms with van der Waals surface area (Å²) >= 11 is 3.94. The van der Waals surface area contributed by atoms with Crippen LogP contribution in [0.2, 0.25) is 0 Å². The number of hydrogen-bond donors (Lipinski definition) is 2. The predicted octanol–water partition coefficient (Wildman–Crippen LogP) is 2.64. The van der Waals surface area contributed by atoms with Gasteiger partial charge in [-0.05, 0) is 41.1 Å². The van der Waals surface area contributed by atoms with Crippen molar-refractivity contribution in [1.82, 2.24) is 9.71 Å². The lowest BCUT2D eigenvalue weighted by Crippen LogP contribution is -2.27. The molecule has 0 aromatic carbocycles. The van der Waals surface area contributed by atoms with Crippen LogP contribution in [0.15, 0.2) is 39.1 Å². The van der Waals surface area contributed by atoms with Gasteiger partial charge in [0.05, 0.1) is 15.5 Å². The van der Waals surface area contributed by atoms with Crippen LogP contribution in [0, 0.1) is 0 Å². The maximum absolute atomic E-state index is 12.3. The molecule has 2 aromatic heterocycles. The number of pyridine rings is 1. The Morgan fingerprint density at radius 3 is 2.71 bits per heavy atom. The lowest BCUT2D eigenvalue weighted by molar-refractivity contribution is 0.0702. The summed E-state index contributed by atoms with van der Waals surface area (Å²) in [5, 5.41) is 8.91. The minimum Gasteiger partial charge on any atom is -0.477 e. The summed E-state index contributed by atoms with van der Waals surface area (Å²) in [4.78, 5) is 14.8. The Labute approximate surface area is 134 Å². The van der Waals surface area contributed by atoms with Gasteiger partial charge in [-0.1, -0.05) is 6.07 Å². The van der Waals surface area contributed by atoms with Crippen molar-refractivity contribution in [2.75, 3.05) is 0 Å². The Morgan fingerprint density at radius 1 is 1.48 bits per heavy atom. The SMILES string of the molecule is C[C@H](NS(=O)(=O)c1cc(C(=O)O)sc1Br)c1ccccn1. The molecule has 6 nitrogen and oxygen atoms in total. The number of carboxylic acid groups (broad SMARTS) is 1. The quantitative estimate of drug-likeness (QED) is 0.817. The maximum atomic E-state index is 12.3. The molecule has 2 rings (SSSR count). The summed E-state index contributed by atoms with van der Waals surface area (Å²) in [7, 11) is -3.84. The molecule has 0 saturated heterocycles. The molecule has 0 fully saturated rings. The summed E-state index contributed by atoms with van der Waals surface area (Å²) < 4.78 is 27.4. The van der Waals surface area contributed by atoms with Gasteiger partial charge in [-0.2, -0.15) is 0 Å². The fraction of sp³-hybridized carbons (Fsp3) is 0.167. The second kappa shape index (κ2) is 6.22. The summed E-state index contributed by atoms with van der Waals surface area (Å²) in [6.07, 6.45) is 1.57. The van der Waals surface area contributed by atoms with Crippen molar-refractivity contribution in [3.8, 4) is 0 Å². The first kappa shape index (κ1) is 16.1. The third-order valence-electron chi connectivity index (χ3n) is 2.62. The Hall–Kier alpha value is -1.29. The normalized spacial score (nSPS) is 13.0. The molecule has 21 heavy (non-hydrogen) atoms. The zero-order valence-corrected chi connectivity index (χ0v) is 14.0. The van der Waals surface area contributed by atoms with Crippen LogP contribution in [0.5, 0.6) is 0 Å². The molecule has 0 amide bonds. The first-order chi connectivity index (χ1) is 9.81. The van der Waals surface area contributed by atoms with Gasteiger partial charge in [-0.25, -0.2) is 17.9 Å². The van der Waals surface area contributed by atoms with Crippen LogP contribution in [0.3, 0.4) is 0 Å². The number of halogens is 1. The van der Waals surface area contributed by atoms with E-state index in [-0.39, 0.29) is 13.6 Å². The largest absolute Gasteiger partial charge is 0.477 e. The molecular formula is C12H11BrN2O4S2. The van der Waals surface area contributed by atoms with Gasteiger partial charge in [0.15, 0.2) is 0 Å². The van der Waals surface area contributed by atoms with Crippen molar-refractivity contribution in [3.63, 3.8) is 0 Å². The van der Waals surface area contributed by atoms with Gasteiger partial charge in [0.1, 0.15) is 9.77 Å². The van der Waals surface area contributed by atoms with Gasteiger partial charge in [0.25, 0.3) is 0 Å². The third kappa shape index (κ3) is 3.67. The van der Waals surface area contributed by atoms with Crippen molar-refractivity contribution >= 4 is 43.3 Å². The van der Waals surface area contributed by atoms with E-state index in [1.807, 2.05) is 0 Å². The first-order valence-corrected chi connectivity index (χ1v) is 8.86. The minimum absolute atomic E-state index is 0.0484. The smallest absolute Gasteiger partial charge is 0.345 e. The number of carboxylic acids is 1. The van der Waals surface area contributed by atoms with Crippen molar-refractivity contribution in [2.45, 2.75) is 17.9 Å². The zero-order valence-electron chi connectivity index (χ0n) is 10.8. The Bertz CT molecular complexity index is 759. The highest BCUT2D eigenvalue weighted by Gasteiger charge is 2.25. The summed E-state index contributed by atoms with van der Waals surface area (Å²) in [5.41, 5.74) is 0.575. The van der Waals surface area contributed by atoms with Crippen molar-refractivity contribution < 1.29 is 18.3 Å². The van der Waals surface area contributed by atoms with Crippen LogP contribution >= 0.6 is 27.3 Å². The van der Waals surface area contributed by atoms with Gasteiger partial charge in [0, 0.05) is 6.20 Å². The predicted molar refractivity (Wildman–Crippen MR) is 82.0 cm³/mol. The second-order valence-electron chi connectivity index (χ2n) is 4.15. The van der Waals surface area contributed by atoms with E-state index < -0.39 is 22.0 Å². The van der Waals surface area contributed by atoms with E-state index in [1.165, 1.54) is 0 Å². The van der Waals surface area contributed by atoms with Crippen molar-refractivity contribution in [2.24, 2.45) is 0 Å². The van der Waals surface area contributed by atoms with E-state index in [9.17, 15) is 13.2 Å². The fourth-order valence-electron chi connectivity index (χ4n) is 1.63. The first-order valence-electron chi connectivity index (χ1n) is 5.77. The molecule has 2 heterocycles. The van der Waals surface area contributed by atoms with Gasteiger partial charge < -0.3 is 5.11 Å². The van der Waals surface area contributed by atoms with E-state index in [2.05, 4.69) is 25.6 Å². The minimum atomic E-state index is -3.84. The highest BCUT2D eigenvalue weighted by molar-refractivity contribution is 9.11. The standard InChI is InChI=1S/C12H11BrN2O4S2/c1-7(8-4-2-3-5-14-8)15-21(18,19)10-6-9(12(16)17)20-11(10)13/h2-7,15H,1H3,(H,16,17)/t7-/m0/s1. The fourth-order valence-corrected chi connectivity index (χ4v) is 5.25. The zero-order chi connectivity index (χ0) is 15.6. The van der Waals surface area contributed by atoms with Crippen LogP contribution in [-0.4, -0.2) is 24.5 Å². The molecule has 0 saturated carbocycles. The number of nitrogens with zero attached hydrogens (tertiary/aromatic N) is 1. The van der Waals surface area contributed by atoms with Crippen LogP contribution < -0.4 is 4.72 Å². The Morgan fingerprint density at radius 2 is 2.19 bits per heavy atom. The topological polar surface area (TPSA) is 96.4 Å². The molecule has 0 radical (unpaired) electrons. The number of carbonyl (C=O) groups is 1. The van der Waals surface area contributed by atoms with Crippen molar-refractivity contribution in [1.29, 1.82) is 0 Å². The molecule has 0 aliphatic rings. The highest BCUT2D eigenvalue weighted by Crippen LogP contribution is 2.32. The van der Waals surface area contributed by atoms with E-state index in [0.717, 1.165) is 17.4 Å². The molecule has 0 unspecified atom stereocenters. The lowest BCUT2D eigenvalue weighted by atomic mass is 10.2. The average Bonchev–Trinajstić information content (AvgIpc) is 2.82. The molecule has 112 valence electrons. The number of aromatic nitrogens is 1. The Balaban J connectivity index is 2.29.